The van der Waals surface area contributed by atoms with Gasteiger partial charge in [0.1, 0.15) is 17.2 Å². The van der Waals surface area contributed by atoms with Gasteiger partial charge in [0.25, 0.3) is 0 Å². The Balaban J connectivity index is 1.57. The zero-order valence-electron chi connectivity index (χ0n) is 23.9. The fraction of sp³-hybridized carbons (Fsp3) is 0.484. The second-order valence-electron chi connectivity index (χ2n) is 11.2. The Morgan fingerprint density at radius 3 is 2.59 bits per heavy atom. The standard InChI is InChI=1S/C31H37ClFN5O3/c1-4-26(40)37-12-14-38(15-13-37)31-23-18-24(32)28(22-17-20(39)16-19-8-5-6-9-21(19)22)29(33)30(23)34-25(35-31)10-7-11-27(41)36(2)3/h5-6,8-9,18,20,22,39H,4,7,10-17H2,1-3H3/t20?,22-/m0/s1. The first-order valence-electron chi connectivity index (χ1n) is 14.3. The largest absolute Gasteiger partial charge is 0.393 e. The van der Waals surface area contributed by atoms with E-state index in [0.717, 1.165) is 11.1 Å². The monoisotopic (exact) mass is 581 g/mol. The van der Waals surface area contributed by atoms with Crippen LogP contribution in [0.15, 0.2) is 30.3 Å². The number of carbonyl (C=O) groups excluding carboxylic acids is 2. The molecule has 10 heteroatoms. The fourth-order valence-electron chi connectivity index (χ4n) is 5.99. The van der Waals surface area contributed by atoms with Crippen molar-refractivity contribution in [3.8, 4) is 0 Å². The summed E-state index contributed by atoms with van der Waals surface area (Å²) >= 11 is 6.85. The topological polar surface area (TPSA) is 89.9 Å². The van der Waals surface area contributed by atoms with Gasteiger partial charge in [0.15, 0.2) is 5.82 Å². The third-order valence-electron chi connectivity index (χ3n) is 8.21. The van der Waals surface area contributed by atoms with E-state index in [9.17, 15) is 14.7 Å². The number of fused-ring (bicyclic) bond motifs is 2. The van der Waals surface area contributed by atoms with Gasteiger partial charge in [-0.05, 0) is 36.5 Å². The van der Waals surface area contributed by atoms with Crippen LogP contribution >= 0.6 is 11.6 Å². The number of halogens is 2. The summed E-state index contributed by atoms with van der Waals surface area (Å²) in [6.45, 7) is 4.07. The molecule has 5 rings (SSSR count). The molecule has 0 radical (unpaired) electrons. The van der Waals surface area contributed by atoms with Crippen LogP contribution in [-0.2, 0) is 22.4 Å². The first kappa shape index (κ1) is 29.2. The molecule has 2 aromatic carbocycles. The van der Waals surface area contributed by atoms with Crippen LogP contribution in [0, 0.1) is 5.82 Å². The summed E-state index contributed by atoms with van der Waals surface area (Å²) in [6.07, 6.45) is 2.03. The molecule has 0 bridgehead atoms. The van der Waals surface area contributed by atoms with Crippen LogP contribution < -0.4 is 4.90 Å². The number of hydrogen-bond donors (Lipinski definition) is 1. The third kappa shape index (κ3) is 6.02. The van der Waals surface area contributed by atoms with E-state index in [-0.39, 0.29) is 22.4 Å². The molecule has 0 saturated carbocycles. The summed E-state index contributed by atoms with van der Waals surface area (Å²) < 4.78 is 16.6. The molecule has 2 atom stereocenters. The first-order valence-corrected chi connectivity index (χ1v) is 14.7. The van der Waals surface area contributed by atoms with Crippen molar-refractivity contribution >= 4 is 40.1 Å². The molecule has 41 heavy (non-hydrogen) atoms. The van der Waals surface area contributed by atoms with Gasteiger partial charge in [-0.15, -0.1) is 0 Å². The first-order chi connectivity index (χ1) is 19.7. The van der Waals surface area contributed by atoms with Gasteiger partial charge in [-0.1, -0.05) is 42.8 Å². The quantitative estimate of drug-likeness (QED) is 0.447. The lowest BCUT2D eigenvalue weighted by Gasteiger charge is -2.36. The van der Waals surface area contributed by atoms with Crippen molar-refractivity contribution in [2.45, 2.75) is 57.5 Å². The zero-order chi connectivity index (χ0) is 29.3. The number of benzene rings is 2. The number of amides is 2. The Morgan fingerprint density at radius 1 is 1.15 bits per heavy atom. The van der Waals surface area contributed by atoms with Gasteiger partial charge >= 0.3 is 0 Å². The van der Waals surface area contributed by atoms with Crippen LogP contribution in [0.25, 0.3) is 10.9 Å². The zero-order valence-corrected chi connectivity index (χ0v) is 24.6. The highest BCUT2D eigenvalue weighted by molar-refractivity contribution is 6.32. The van der Waals surface area contributed by atoms with E-state index in [2.05, 4.69) is 9.88 Å². The molecule has 2 aliphatic rings. The van der Waals surface area contributed by atoms with Crippen LogP contribution in [0.1, 0.15) is 61.0 Å². The van der Waals surface area contributed by atoms with Crippen molar-refractivity contribution in [2.24, 2.45) is 0 Å². The number of carbonyl (C=O) groups is 2. The maximum atomic E-state index is 16.6. The molecule has 1 N–H and O–H groups in total. The molecule has 0 spiro atoms. The SMILES string of the molecule is CCC(=O)N1CCN(c2nc(CCCC(=O)N(C)C)nc3c(F)c([C@H]4CC(O)Cc5ccccc54)c(Cl)cc23)CC1. The van der Waals surface area contributed by atoms with E-state index in [1.807, 2.05) is 36.1 Å². The van der Waals surface area contributed by atoms with Gasteiger partial charge in [-0.2, -0.15) is 0 Å². The average Bonchev–Trinajstić information content (AvgIpc) is 2.96. The van der Waals surface area contributed by atoms with Crippen molar-refractivity contribution in [3.63, 3.8) is 0 Å². The van der Waals surface area contributed by atoms with E-state index in [1.165, 1.54) is 0 Å². The van der Waals surface area contributed by atoms with Crippen molar-refractivity contribution in [1.29, 1.82) is 0 Å². The highest BCUT2D eigenvalue weighted by Gasteiger charge is 2.33. The molecule has 1 aromatic heterocycles. The third-order valence-corrected chi connectivity index (χ3v) is 8.52. The minimum absolute atomic E-state index is 0.0116. The van der Waals surface area contributed by atoms with E-state index in [1.54, 1.807) is 25.1 Å². The second kappa shape index (κ2) is 12.3. The van der Waals surface area contributed by atoms with Crippen molar-refractivity contribution < 1.29 is 19.1 Å². The molecule has 2 heterocycles. The minimum Gasteiger partial charge on any atom is -0.393 e. The molecule has 218 valence electrons. The Hall–Kier alpha value is -3.30. The molecule has 1 unspecified atom stereocenters. The molecule has 1 saturated heterocycles. The van der Waals surface area contributed by atoms with E-state index < -0.39 is 17.8 Å². The van der Waals surface area contributed by atoms with Gasteiger partial charge in [-0.3, -0.25) is 9.59 Å². The Morgan fingerprint density at radius 2 is 1.88 bits per heavy atom. The number of hydrogen-bond acceptors (Lipinski definition) is 6. The van der Waals surface area contributed by atoms with Gasteiger partial charge in [0.2, 0.25) is 11.8 Å². The van der Waals surface area contributed by atoms with Gasteiger partial charge < -0.3 is 19.8 Å². The van der Waals surface area contributed by atoms with Crippen LogP contribution in [0.5, 0.6) is 0 Å². The molecule has 3 aromatic rings. The van der Waals surface area contributed by atoms with Gasteiger partial charge in [-0.25, -0.2) is 14.4 Å². The molecule has 1 aliphatic carbocycles. The predicted molar refractivity (Wildman–Crippen MR) is 158 cm³/mol. The smallest absolute Gasteiger partial charge is 0.222 e. The molecule has 1 aliphatic heterocycles. The number of rotatable bonds is 7. The maximum absolute atomic E-state index is 16.6. The summed E-state index contributed by atoms with van der Waals surface area (Å²) in [4.78, 5) is 39.4. The van der Waals surface area contributed by atoms with Crippen LogP contribution in [-0.4, -0.2) is 83.1 Å². The summed E-state index contributed by atoms with van der Waals surface area (Å²) in [7, 11) is 3.44. The summed E-state index contributed by atoms with van der Waals surface area (Å²) in [6, 6.07) is 9.53. The summed E-state index contributed by atoms with van der Waals surface area (Å²) in [5.41, 5.74) is 2.47. The van der Waals surface area contributed by atoms with E-state index in [0.29, 0.717) is 87.3 Å². The van der Waals surface area contributed by atoms with Crippen LogP contribution in [0.3, 0.4) is 0 Å². The molecule has 2 amide bonds. The number of anilines is 1. The lowest BCUT2D eigenvalue weighted by molar-refractivity contribution is -0.131. The average molecular weight is 582 g/mol. The summed E-state index contributed by atoms with van der Waals surface area (Å²) in [5, 5.41) is 11.4. The number of aliphatic hydroxyl groups excluding tert-OH is 1. The number of aryl methyl sites for hydroxylation is 1. The van der Waals surface area contributed by atoms with E-state index >= 15 is 4.39 Å². The molecule has 8 nitrogen and oxygen atoms in total. The maximum Gasteiger partial charge on any atom is 0.222 e. The number of aromatic nitrogens is 2. The Labute approximate surface area is 245 Å². The molecule has 1 fully saturated rings. The van der Waals surface area contributed by atoms with Gasteiger partial charge in [0.05, 0.1) is 6.10 Å². The number of nitrogens with zero attached hydrogens (tertiary/aromatic N) is 5. The highest BCUT2D eigenvalue weighted by atomic mass is 35.5. The van der Waals surface area contributed by atoms with Crippen molar-refractivity contribution in [1.82, 2.24) is 19.8 Å². The Kier molecular flexibility index (Phi) is 8.75. The molecular weight excluding hydrogens is 545 g/mol. The van der Waals surface area contributed by atoms with Crippen LogP contribution in [0.4, 0.5) is 10.2 Å². The highest BCUT2D eigenvalue weighted by Crippen LogP contribution is 2.43. The fourth-order valence-corrected chi connectivity index (χ4v) is 6.32. The van der Waals surface area contributed by atoms with Crippen LogP contribution in [0.2, 0.25) is 5.02 Å². The molecular formula is C31H37ClFN5O3. The van der Waals surface area contributed by atoms with Crippen molar-refractivity contribution in [2.75, 3.05) is 45.2 Å². The van der Waals surface area contributed by atoms with E-state index in [4.69, 9.17) is 16.6 Å². The lowest BCUT2D eigenvalue weighted by atomic mass is 9.77. The number of aliphatic hydroxyl groups is 1. The minimum atomic E-state index is -0.603. The Bertz CT molecular complexity index is 1460. The van der Waals surface area contributed by atoms with Crippen molar-refractivity contribution in [3.05, 3.63) is 63.7 Å². The van der Waals surface area contributed by atoms with Gasteiger partial charge in [0, 0.05) is 81.4 Å². The summed E-state index contributed by atoms with van der Waals surface area (Å²) in [5.74, 6) is 0.256. The normalized spacial score (nSPS) is 18.9. The predicted octanol–water partition coefficient (Wildman–Crippen LogP) is 4.33. The number of piperazine rings is 1. The second-order valence-corrected chi connectivity index (χ2v) is 11.6. The lowest BCUT2D eigenvalue weighted by Crippen LogP contribution is -2.49.